The van der Waals surface area contributed by atoms with Gasteiger partial charge >= 0.3 is 5.97 Å². The van der Waals surface area contributed by atoms with Crippen LogP contribution in [0.4, 0.5) is 0 Å². The maximum atomic E-state index is 12.7. The van der Waals surface area contributed by atoms with E-state index in [1.165, 1.54) is 25.3 Å². The van der Waals surface area contributed by atoms with Crippen LogP contribution in [0.1, 0.15) is 70.9 Å². The van der Waals surface area contributed by atoms with Gasteiger partial charge in [0, 0.05) is 18.1 Å². The number of para-hydroxylation sites is 1. The Morgan fingerprint density at radius 1 is 0.943 bits per heavy atom. The van der Waals surface area contributed by atoms with Crippen molar-refractivity contribution in [3.8, 4) is 5.75 Å². The summed E-state index contributed by atoms with van der Waals surface area (Å²) in [6.07, 6.45) is 8.93. The molecule has 1 unspecified atom stereocenters. The Bertz CT molecular complexity index is 915. The third-order valence-corrected chi connectivity index (χ3v) is 10.9. The first-order valence-electron chi connectivity index (χ1n) is 12.9. The minimum absolute atomic E-state index is 0.0846. The molecule has 0 heterocycles. The number of carbonyl (C=O) groups is 1. The molecule has 0 N–H and O–H groups in total. The number of esters is 1. The number of benzene rings is 2. The number of hydrogen-bond donors (Lipinski definition) is 0. The fraction of sp³-hybridized carbons (Fsp3) is 0.500. The minimum Gasteiger partial charge on any atom is -0.543 e. The number of hydrogen-bond acceptors (Lipinski definition) is 4. The second kappa shape index (κ2) is 14.3. The van der Waals surface area contributed by atoms with Crippen LogP contribution >= 0.6 is 0 Å². The van der Waals surface area contributed by atoms with Gasteiger partial charge in [-0.2, -0.15) is 0 Å². The van der Waals surface area contributed by atoms with Crippen molar-refractivity contribution < 1.29 is 18.7 Å². The van der Waals surface area contributed by atoms with Crippen molar-refractivity contribution >= 4 is 20.4 Å². The average molecular weight is 497 g/mol. The summed E-state index contributed by atoms with van der Waals surface area (Å²) in [7, 11) is -2.00. The van der Waals surface area contributed by atoms with Crippen molar-refractivity contribution in [2.45, 2.75) is 90.6 Å². The van der Waals surface area contributed by atoms with Gasteiger partial charge in [-0.15, -0.1) is 0 Å². The van der Waals surface area contributed by atoms with Gasteiger partial charge in [0.1, 0.15) is 5.75 Å². The molecule has 2 aromatic carbocycles. The highest BCUT2D eigenvalue weighted by molar-refractivity contribution is 6.74. The van der Waals surface area contributed by atoms with Gasteiger partial charge in [-0.3, -0.25) is 0 Å². The molecule has 0 bridgehead atoms. The number of unbranched alkanes of at least 4 members (excludes halogenated alkanes) is 4. The van der Waals surface area contributed by atoms with Crippen molar-refractivity contribution in [1.29, 1.82) is 0 Å². The smallest absolute Gasteiger partial charge is 0.333 e. The molecule has 0 saturated carbocycles. The zero-order chi connectivity index (χ0) is 25.7. The maximum absolute atomic E-state index is 12.7. The van der Waals surface area contributed by atoms with Gasteiger partial charge in [0.15, 0.2) is 0 Å². The van der Waals surface area contributed by atoms with E-state index < -0.39 is 20.6 Å². The molecule has 0 aliphatic rings. The van der Waals surface area contributed by atoms with Gasteiger partial charge < -0.3 is 13.9 Å². The van der Waals surface area contributed by atoms with E-state index in [-0.39, 0.29) is 5.04 Å². The van der Waals surface area contributed by atoms with Crippen LogP contribution < -0.4 is 4.43 Å². The van der Waals surface area contributed by atoms with Crippen LogP contribution in [0.15, 0.2) is 60.7 Å². The van der Waals surface area contributed by atoms with Crippen LogP contribution in [0.5, 0.6) is 5.75 Å². The first-order chi connectivity index (χ1) is 16.6. The molecule has 192 valence electrons. The van der Waals surface area contributed by atoms with Gasteiger partial charge in [0.25, 0.3) is 8.32 Å². The van der Waals surface area contributed by atoms with E-state index in [0.717, 1.165) is 29.7 Å². The van der Waals surface area contributed by atoms with E-state index in [2.05, 4.69) is 40.8 Å². The average Bonchev–Trinajstić information content (AvgIpc) is 2.80. The lowest BCUT2D eigenvalue weighted by molar-refractivity contribution is -0.172. The van der Waals surface area contributed by atoms with Gasteiger partial charge in [-0.05, 0) is 42.3 Å². The molecule has 0 aromatic heterocycles. The lowest BCUT2D eigenvalue weighted by atomic mass is 10.1. The first kappa shape index (κ1) is 28.9. The van der Waals surface area contributed by atoms with Crippen molar-refractivity contribution in [2.24, 2.45) is 0 Å². The Labute approximate surface area is 213 Å². The van der Waals surface area contributed by atoms with Crippen LogP contribution in [0.3, 0.4) is 0 Å². The highest BCUT2D eigenvalue weighted by Crippen LogP contribution is 2.38. The summed E-state index contributed by atoms with van der Waals surface area (Å²) in [5.74, 6) is 0.381. The SMILES string of the molecule is CCCCCCCOC(Cc1ccccc1)OC(=O)/C=C/c1ccccc1O[Si](C)(C)C(C)(C)C. The Morgan fingerprint density at radius 2 is 1.60 bits per heavy atom. The quantitative estimate of drug-likeness (QED) is 0.0869. The molecular weight excluding hydrogens is 452 g/mol. The zero-order valence-corrected chi connectivity index (χ0v) is 23.5. The molecule has 0 fully saturated rings. The molecule has 0 aliphatic heterocycles. The van der Waals surface area contributed by atoms with Gasteiger partial charge in [0.05, 0.1) is 6.61 Å². The van der Waals surface area contributed by atoms with Crippen LogP contribution in [0.25, 0.3) is 6.08 Å². The summed E-state index contributed by atoms with van der Waals surface area (Å²) in [5.41, 5.74) is 1.94. The highest BCUT2D eigenvalue weighted by atomic mass is 28.4. The second-order valence-electron chi connectivity index (χ2n) is 10.6. The van der Waals surface area contributed by atoms with E-state index in [4.69, 9.17) is 13.9 Å². The predicted molar refractivity (Wildman–Crippen MR) is 148 cm³/mol. The predicted octanol–water partition coefficient (Wildman–Crippen LogP) is 8.18. The van der Waals surface area contributed by atoms with Crippen molar-refractivity contribution in [2.75, 3.05) is 6.61 Å². The topological polar surface area (TPSA) is 44.8 Å². The van der Waals surface area contributed by atoms with Crippen LogP contribution in [0.2, 0.25) is 18.1 Å². The molecule has 35 heavy (non-hydrogen) atoms. The molecule has 0 spiro atoms. The van der Waals surface area contributed by atoms with Crippen LogP contribution in [-0.2, 0) is 20.7 Å². The van der Waals surface area contributed by atoms with E-state index >= 15 is 0 Å². The summed E-state index contributed by atoms with van der Waals surface area (Å²) >= 11 is 0. The molecule has 2 rings (SSSR count). The molecule has 0 radical (unpaired) electrons. The highest BCUT2D eigenvalue weighted by Gasteiger charge is 2.39. The molecule has 0 aliphatic carbocycles. The Hall–Kier alpha value is -2.37. The van der Waals surface area contributed by atoms with Crippen molar-refractivity contribution in [3.05, 3.63) is 71.8 Å². The fourth-order valence-corrected chi connectivity index (χ4v) is 4.37. The first-order valence-corrected chi connectivity index (χ1v) is 15.9. The van der Waals surface area contributed by atoms with E-state index in [0.29, 0.717) is 13.0 Å². The van der Waals surface area contributed by atoms with Gasteiger partial charge in [-0.1, -0.05) is 102 Å². The lowest BCUT2D eigenvalue weighted by Crippen LogP contribution is -2.44. The lowest BCUT2D eigenvalue weighted by Gasteiger charge is -2.36. The summed E-state index contributed by atoms with van der Waals surface area (Å²) in [6.45, 7) is 13.9. The van der Waals surface area contributed by atoms with Gasteiger partial charge in [-0.25, -0.2) is 4.79 Å². The molecule has 4 nitrogen and oxygen atoms in total. The Balaban J connectivity index is 2.03. The van der Waals surface area contributed by atoms with E-state index in [1.807, 2.05) is 54.6 Å². The normalized spacial score (nSPS) is 13.1. The van der Waals surface area contributed by atoms with Crippen LogP contribution in [0, 0.1) is 0 Å². The third-order valence-electron chi connectivity index (χ3n) is 6.53. The standard InChI is InChI=1S/C30H44O4Si/c1-7-8-9-10-16-23-32-29(24-25-17-12-11-13-18-25)33-28(31)22-21-26-19-14-15-20-27(26)34-35(5,6)30(2,3)4/h11-15,17-22,29H,7-10,16,23-24H2,1-6H3/b22-21+. The minimum atomic E-state index is -2.00. The zero-order valence-electron chi connectivity index (χ0n) is 22.5. The Kier molecular flexibility index (Phi) is 11.8. The summed E-state index contributed by atoms with van der Waals surface area (Å²) < 4.78 is 18.2. The maximum Gasteiger partial charge on any atom is 0.333 e. The molecule has 1 atom stereocenters. The van der Waals surface area contributed by atoms with E-state index in [1.54, 1.807) is 6.08 Å². The molecule has 0 saturated heterocycles. The molecule has 2 aromatic rings. The monoisotopic (exact) mass is 496 g/mol. The van der Waals surface area contributed by atoms with Crippen LogP contribution in [-0.4, -0.2) is 27.2 Å². The number of rotatable bonds is 14. The largest absolute Gasteiger partial charge is 0.543 e. The van der Waals surface area contributed by atoms with Gasteiger partial charge in [0.2, 0.25) is 6.29 Å². The molecule has 5 heteroatoms. The second-order valence-corrected chi connectivity index (χ2v) is 15.3. The summed E-state index contributed by atoms with van der Waals surface area (Å²) in [4.78, 5) is 12.7. The van der Waals surface area contributed by atoms with E-state index in [9.17, 15) is 4.79 Å². The molecule has 0 amide bonds. The Morgan fingerprint density at radius 3 is 2.29 bits per heavy atom. The fourth-order valence-electron chi connectivity index (χ4n) is 3.33. The summed E-state index contributed by atoms with van der Waals surface area (Å²) in [5, 5.41) is 0.0846. The third kappa shape index (κ3) is 10.4. The summed E-state index contributed by atoms with van der Waals surface area (Å²) in [6, 6.07) is 17.8. The number of carbonyl (C=O) groups excluding carboxylic acids is 1. The number of ether oxygens (including phenoxy) is 2. The van der Waals surface area contributed by atoms with Crippen molar-refractivity contribution in [3.63, 3.8) is 0 Å². The molecular formula is C30H44O4Si. The van der Waals surface area contributed by atoms with Crippen molar-refractivity contribution in [1.82, 2.24) is 0 Å².